The minimum Gasteiger partial charge on any atom is -0.260 e. The van der Waals surface area contributed by atoms with Crippen LogP contribution in [0.4, 0.5) is 5.69 Å². The molecular weight excluding hydrogens is 206 g/mol. The average molecular weight is 217 g/mol. The summed E-state index contributed by atoms with van der Waals surface area (Å²) in [5.41, 5.74) is 2.11. The molecule has 0 radical (unpaired) electrons. The van der Waals surface area contributed by atoms with E-state index >= 15 is 0 Å². The van der Waals surface area contributed by atoms with Gasteiger partial charge in [-0.25, -0.2) is 0 Å². The molecule has 0 atom stereocenters. The highest BCUT2D eigenvalue weighted by molar-refractivity contribution is 5.95. The number of aromatic nitrogens is 2. The van der Waals surface area contributed by atoms with Gasteiger partial charge in [-0.1, -0.05) is 18.7 Å². The van der Waals surface area contributed by atoms with Gasteiger partial charge in [-0.2, -0.15) is 5.10 Å². The lowest BCUT2D eigenvalue weighted by molar-refractivity contribution is -0.383. The molecule has 0 bridgehead atoms. The smallest absolute Gasteiger partial charge is 0.260 e. The minimum absolute atomic E-state index is 0.0694. The van der Waals surface area contributed by atoms with E-state index in [-0.39, 0.29) is 5.69 Å². The van der Waals surface area contributed by atoms with Crippen molar-refractivity contribution in [2.45, 2.75) is 6.92 Å². The Bertz CT molecular complexity index is 599. The number of nitrogens with zero attached hydrogens (tertiary/aromatic N) is 3. The summed E-state index contributed by atoms with van der Waals surface area (Å²) in [6, 6.07) is 4.96. The van der Waals surface area contributed by atoms with E-state index in [0.717, 1.165) is 11.0 Å². The minimum atomic E-state index is -0.397. The molecule has 0 aliphatic heterocycles. The fourth-order valence-electron chi connectivity index (χ4n) is 1.78. The van der Waals surface area contributed by atoms with Crippen LogP contribution in [0.25, 0.3) is 16.5 Å². The molecule has 1 heterocycles. The van der Waals surface area contributed by atoms with Crippen molar-refractivity contribution >= 4 is 22.2 Å². The summed E-state index contributed by atoms with van der Waals surface area (Å²) < 4.78 is 1.53. The Morgan fingerprint density at radius 3 is 2.81 bits per heavy atom. The fourth-order valence-corrected chi connectivity index (χ4v) is 1.78. The van der Waals surface area contributed by atoms with Gasteiger partial charge >= 0.3 is 0 Å². The predicted octanol–water partition coefficient (Wildman–Crippen LogP) is 2.51. The zero-order valence-electron chi connectivity index (χ0n) is 9.10. The molecule has 2 aromatic rings. The first-order chi connectivity index (χ1) is 7.52. The number of nitro benzene ring substituents is 1. The van der Waals surface area contributed by atoms with E-state index in [1.165, 1.54) is 10.7 Å². The monoisotopic (exact) mass is 217 g/mol. The summed E-state index contributed by atoms with van der Waals surface area (Å²) >= 11 is 0. The Hall–Kier alpha value is -2.17. The standard InChI is InChI=1S/C11H11N3O2/c1-7(2)10-8-5-4-6-9(14(15)16)11(8)13(3)12-10/h4-6H,1H2,2-3H3. The largest absolute Gasteiger partial charge is 0.295 e. The van der Waals surface area contributed by atoms with Crippen LogP contribution in [0.5, 0.6) is 0 Å². The number of fused-ring (bicyclic) bond motifs is 1. The van der Waals surface area contributed by atoms with Crippen LogP contribution >= 0.6 is 0 Å². The maximum absolute atomic E-state index is 10.9. The number of benzene rings is 1. The van der Waals surface area contributed by atoms with Crippen molar-refractivity contribution in [1.82, 2.24) is 9.78 Å². The third-order valence-corrected chi connectivity index (χ3v) is 2.44. The van der Waals surface area contributed by atoms with Crippen LogP contribution in [0, 0.1) is 10.1 Å². The quantitative estimate of drug-likeness (QED) is 0.573. The highest BCUT2D eigenvalue weighted by Crippen LogP contribution is 2.29. The van der Waals surface area contributed by atoms with Gasteiger partial charge in [0.25, 0.3) is 5.69 Å². The van der Waals surface area contributed by atoms with E-state index in [1.54, 1.807) is 13.1 Å². The van der Waals surface area contributed by atoms with Crippen molar-refractivity contribution in [3.05, 3.63) is 40.6 Å². The summed E-state index contributed by atoms with van der Waals surface area (Å²) in [5, 5.41) is 15.9. The van der Waals surface area contributed by atoms with E-state index < -0.39 is 4.92 Å². The van der Waals surface area contributed by atoms with Crippen LogP contribution in [0.15, 0.2) is 24.8 Å². The molecular formula is C11H11N3O2. The fraction of sp³-hybridized carbons (Fsp3) is 0.182. The first-order valence-corrected chi connectivity index (χ1v) is 4.78. The van der Waals surface area contributed by atoms with Crippen molar-refractivity contribution in [3.8, 4) is 0 Å². The Morgan fingerprint density at radius 2 is 2.25 bits per heavy atom. The van der Waals surface area contributed by atoms with E-state index in [0.29, 0.717) is 11.2 Å². The van der Waals surface area contributed by atoms with E-state index in [2.05, 4.69) is 11.7 Å². The Morgan fingerprint density at radius 1 is 1.56 bits per heavy atom. The molecule has 0 amide bonds. The molecule has 0 saturated carbocycles. The van der Waals surface area contributed by atoms with E-state index in [9.17, 15) is 10.1 Å². The molecule has 1 aromatic heterocycles. The summed E-state index contributed by atoms with van der Waals surface area (Å²) in [5.74, 6) is 0. The maximum Gasteiger partial charge on any atom is 0.295 e. The van der Waals surface area contributed by atoms with Gasteiger partial charge in [0.05, 0.1) is 10.6 Å². The molecule has 0 spiro atoms. The van der Waals surface area contributed by atoms with Crippen LogP contribution < -0.4 is 0 Å². The van der Waals surface area contributed by atoms with Crippen molar-refractivity contribution in [3.63, 3.8) is 0 Å². The first-order valence-electron chi connectivity index (χ1n) is 4.78. The van der Waals surface area contributed by atoms with Crippen molar-refractivity contribution < 1.29 is 4.92 Å². The molecule has 1 aromatic carbocycles. The van der Waals surface area contributed by atoms with Crippen molar-refractivity contribution in [1.29, 1.82) is 0 Å². The third-order valence-electron chi connectivity index (χ3n) is 2.44. The first kappa shape index (κ1) is 10.4. The van der Waals surface area contributed by atoms with Gasteiger partial charge in [0.2, 0.25) is 0 Å². The lowest BCUT2D eigenvalue weighted by Crippen LogP contribution is -1.95. The molecule has 0 saturated heterocycles. The molecule has 0 N–H and O–H groups in total. The molecule has 2 rings (SSSR count). The number of allylic oxidation sites excluding steroid dienone is 1. The van der Waals surface area contributed by atoms with Crippen LogP contribution in [0.3, 0.4) is 0 Å². The molecule has 0 fully saturated rings. The molecule has 0 aliphatic rings. The molecule has 5 nitrogen and oxygen atoms in total. The number of hydrogen-bond acceptors (Lipinski definition) is 3. The van der Waals surface area contributed by atoms with Crippen molar-refractivity contribution in [2.75, 3.05) is 0 Å². The van der Waals surface area contributed by atoms with Crippen LogP contribution in [0.2, 0.25) is 0 Å². The van der Waals surface area contributed by atoms with Gasteiger partial charge in [0.1, 0.15) is 5.52 Å². The number of para-hydroxylation sites is 1. The van der Waals surface area contributed by atoms with Crippen molar-refractivity contribution in [2.24, 2.45) is 7.05 Å². The van der Waals surface area contributed by atoms with E-state index in [4.69, 9.17) is 0 Å². The Kier molecular flexibility index (Phi) is 2.23. The summed E-state index contributed by atoms with van der Waals surface area (Å²) in [6.45, 7) is 5.65. The number of hydrogen-bond donors (Lipinski definition) is 0. The van der Waals surface area contributed by atoms with Gasteiger partial charge in [0.15, 0.2) is 0 Å². The number of aryl methyl sites for hydroxylation is 1. The zero-order chi connectivity index (χ0) is 11.9. The Labute approximate surface area is 92.1 Å². The molecule has 0 unspecified atom stereocenters. The Balaban J connectivity index is 2.90. The molecule has 16 heavy (non-hydrogen) atoms. The van der Waals surface area contributed by atoms with Crippen LogP contribution in [-0.4, -0.2) is 14.7 Å². The normalized spacial score (nSPS) is 10.6. The summed E-state index contributed by atoms with van der Waals surface area (Å²) in [7, 11) is 1.70. The second-order valence-corrected chi connectivity index (χ2v) is 3.68. The highest BCUT2D eigenvalue weighted by atomic mass is 16.6. The number of nitro groups is 1. The third kappa shape index (κ3) is 1.37. The summed E-state index contributed by atoms with van der Waals surface area (Å²) in [4.78, 5) is 10.5. The average Bonchev–Trinajstić information content (AvgIpc) is 2.56. The molecule has 0 aliphatic carbocycles. The zero-order valence-corrected chi connectivity index (χ0v) is 9.10. The van der Waals surface area contributed by atoms with Gasteiger partial charge < -0.3 is 0 Å². The second kappa shape index (κ2) is 3.44. The summed E-state index contributed by atoms with van der Waals surface area (Å²) in [6.07, 6.45) is 0. The lowest BCUT2D eigenvalue weighted by Gasteiger charge is -1.96. The lowest BCUT2D eigenvalue weighted by atomic mass is 10.1. The van der Waals surface area contributed by atoms with Gasteiger partial charge in [-0.3, -0.25) is 14.8 Å². The van der Waals surface area contributed by atoms with Crippen LogP contribution in [-0.2, 0) is 7.05 Å². The maximum atomic E-state index is 10.9. The SMILES string of the molecule is C=C(C)c1nn(C)c2c([N+](=O)[O-])cccc12. The van der Waals surface area contributed by atoms with E-state index in [1.807, 2.05) is 13.0 Å². The van der Waals surface area contributed by atoms with Gasteiger partial charge in [-0.15, -0.1) is 0 Å². The number of non-ortho nitro benzene ring substituents is 1. The van der Waals surface area contributed by atoms with Gasteiger partial charge in [-0.05, 0) is 12.5 Å². The number of rotatable bonds is 2. The second-order valence-electron chi connectivity index (χ2n) is 3.68. The predicted molar refractivity (Wildman–Crippen MR) is 62.1 cm³/mol. The highest BCUT2D eigenvalue weighted by Gasteiger charge is 2.18. The van der Waals surface area contributed by atoms with Crippen LogP contribution in [0.1, 0.15) is 12.6 Å². The topological polar surface area (TPSA) is 61.0 Å². The molecule has 82 valence electrons. The van der Waals surface area contributed by atoms with Gasteiger partial charge in [0, 0.05) is 18.5 Å². The molecule has 5 heteroatoms.